The Kier molecular flexibility index (Phi) is 2.45. The smallest absolute Gasteiger partial charge is 0.155 e. The van der Waals surface area contributed by atoms with Crippen molar-refractivity contribution >= 4 is 5.82 Å². The number of nitrogens with zero attached hydrogens (tertiary/aromatic N) is 5. The number of hydrogen-bond donors (Lipinski definition) is 1. The van der Waals surface area contributed by atoms with E-state index >= 15 is 0 Å². The molecule has 2 N–H and O–H groups in total. The largest absolute Gasteiger partial charge is 0.384 e. The molecule has 0 fully saturated rings. The van der Waals surface area contributed by atoms with E-state index in [-0.39, 0.29) is 0 Å². The molecule has 3 aromatic rings. The molecule has 0 aliphatic heterocycles. The molecule has 0 atom stereocenters. The van der Waals surface area contributed by atoms with Gasteiger partial charge in [0.25, 0.3) is 0 Å². The summed E-state index contributed by atoms with van der Waals surface area (Å²) in [5, 5.41) is 4.39. The van der Waals surface area contributed by atoms with Gasteiger partial charge in [0.1, 0.15) is 17.2 Å². The molecule has 0 saturated heterocycles. The predicted octanol–water partition coefficient (Wildman–Crippen LogP) is 1.31. The lowest BCUT2D eigenvalue weighted by Crippen LogP contribution is -2.00. The Labute approximate surface area is 103 Å². The van der Waals surface area contributed by atoms with E-state index < -0.39 is 0 Å². The van der Waals surface area contributed by atoms with Crippen LogP contribution in [0.4, 0.5) is 5.82 Å². The van der Waals surface area contributed by atoms with Gasteiger partial charge in [0.15, 0.2) is 5.82 Å². The normalized spacial score (nSPS) is 10.4. The molecule has 0 saturated carbocycles. The summed E-state index contributed by atoms with van der Waals surface area (Å²) in [4.78, 5) is 12.4. The van der Waals surface area contributed by atoms with Gasteiger partial charge in [-0.15, -0.1) is 0 Å². The van der Waals surface area contributed by atoms with Gasteiger partial charge in [0.05, 0.1) is 6.20 Å². The Morgan fingerprint density at radius 1 is 1.06 bits per heavy atom. The van der Waals surface area contributed by atoms with Crippen LogP contribution >= 0.6 is 0 Å². The van der Waals surface area contributed by atoms with Crippen molar-refractivity contribution in [3.63, 3.8) is 0 Å². The standard InChI is InChI=1S/C12H10N6/c13-11-2-1-3-12(16-11)18-7-4-9(17-18)10-8-14-5-6-15-10/h1-8H,(H2,13,16). The molecule has 6 heteroatoms. The van der Waals surface area contributed by atoms with Crippen LogP contribution in [-0.2, 0) is 0 Å². The molecule has 0 aliphatic carbocycles. The highest BCUT2D eigenvalue weighted by molar-refractivity contribution is 5.52. The quantitative estimate of drug-likeness (QED) is 0.727. The zero-order valence-electron chi connectivity index (χ0n) is 9.43. The fourth-order valence-electron chi connectivity index (χ4n) is 1.59. The maximum atomic E-state index is 5.64. The molecule has 3 aromatic heterocycles. The highest BCUT2D eigenvalue weighted by Gasteiger charge is 2.05. The van der Waals surface area contributed by atoms with Crippen LogP contribution in [0.5, 0.6) is 0 Å². The van der Waals surface area contributed by atoms with Crippen molar-refractivity contribution in [1.82, 2.24) is 24.7 Å². The van der Waals surface area contributed by atoms with Gasteiger partial charge in [-0.05, 0) is 18.2 Å². The van der Waals surface area contributed by atoms with E-state index in [1.165, 1.54) is 0 Å². The first-order valence-corrected chi connectivity index (χ1v) is 5.38. The van der Waals surface area contributed by atoms with Crippen molar-refractivity contribution in [3.05, 3.63) is 49.1 Å². The van der Waals surface area contributed by atoms with Gasteiger partial charge in [-0.2, -0.15) is 5.10 Å². The summed E-state index contributed by atoms with van der Waals surface area (Å²) >= 11 is 0. The average Bonchev–Trinajstić information content (AvgIpc) is 2.89. The molecule has 0 bridgehead atoms. The van der Waals surface area contributed by atoms with E-state index in [2.05, 4.69) is 20.1 Å². The third-order valence-electron chi connectivity index (χ3n) is 2.41. The van der Waals surface area contributed by atoms with Gasteiger partial charge in [-0.3, -0.25) is 9.97 Å². The summed E-state index contributed by atoms with van der Waals surface area (Å²) in [6.07, 6.45) is 6.73. The van der Waals surface area contributed by atoms with Crippen molar-refractivity contribution in [3.8, 4) is 17.2 Å². The molecule has 6 nitrogen and oxygen atoms in total. The topological polar surface area (TPSA) is 82.5 Å². The molecular formula is C12H10N6. The monoisotopic (exact) mass is 238 g/mol. The Bertz CT molecular complexity index is 661. The molecule has 0 spiro atoms. The molecule has 0 amide bonds. The number of nitrogens with two attached hydrogens (primary N) is 1. The van der Waals surface area contributed by atoms with Crippen LogP contribution in [0.2, 0.25) is 0 Å². The van der Waals surface area contributed by atoms with Crippen LogP contribution < -0.4 is 5.73 Å². The second kappa shape index (κ2) is 4.25. The molecule has 88 valence electrons. The Morgan fingerprint density at radius 2 is 2.00 bits per heavy atom. The summed E-state index contributed by atoms with van der Waals surface area (Å²) in [6, 6.07) is 7.26. The van der Waals surface area contributed by atoms with Crippen molar-refractivity contribution in [2.24, 2.45) is 0 Å². The van der Waals surface area contributed by atoms with Crippen LogP contribution in [0, 0.1) is 0 Å². The average molecular weight is 238 g/mol. The van der Waals surface area contributed by atoms with E-state index in [1.807, 2.05) is 24.4 Å². The summed E-state index contributed by atoms with van der Waals surface area (Å²) in [5.74, 6) is 1.13. The lowest BCUT2D eigenvalue weighted by Gasteiger charge is -2.00. The van der Waals surface area contributed by atoms with Gasteiger partial charge in [0, 0.05) is 18.6 Å². The second-order valence-corrected chi connectivity index (χ2v) is 3.66. The van der Waals surface area contributed by atoms with Crippen LogP contribution in [0.25, 0.3) is 17.2 Å². The summed E-state index contributed by atoms with van der Waals surface area (Å²) in [7, 11) is 0. The summed E-state index contributed by atoms with van der Waals surface area (Å²) < 4.78 is 1.65. The van der Waals surface area contributed by atoms with Crippen molar-refractivity contribution in [2.45, 2.75) is 0 Å². The lowest BCUT2D eigenvalue weighted by molar-refractivity contribution is 0.850. The summed E-state index contributed by atoms with van der Waals surface area (Å²) in [5.41, 5.74) is 7.10. The van der Waals surface area contributed by atoms with Crippen molar-refractivity contribution < 1.29 is 0 Å². The van der Waals surface area contributed by atoms with Gasteiger partial charge in [-0.25, -0.2) is 9.67 Å². The Morgan fingerprint density at radius 3 is 2.78 bits per heavy atom. The molecule has 0 aliphatic rings. The Hall–Kier alpha value is -2.76. The van der Waals surface area contributed by atoms with Crippen molar-refractivity contribution in [2.75, 3.05) is 5.73 Å². The van der Waals surface area contributed by atoms with E-state index in [0.717, 1.165) is 11.4 Å². The number of nitrogen functional groups attached to an aromatic ring is 1. The minimum Gasteiger partial charge on any atom is -0.384 e. The van der Waals surface area contributed by atoms with Crippen LogP contribution in [-0.4, -0.2) is 24.7 Å². The first-order valence-electron chi connectivity index (χ1n) is 5.38. The maximum absolute atomic E-state index is 5.64. The number of pyridine rings is 1. The van der Waals surface area contributed by atoms with Crippen LogP contribution in [0.15, 0.2) is 49.1 Å². The molecule has 0 radical (unpaired) electrons. The molecule has 18 heavy (non-hydrogen) atoms. The second-order valence-electron chi connectivity index (χ2n) is 3.66. The van der Waals surface area contributed by atoms with Crippen molar-refractivity contribution in [1.29, 1.82) is 0 Å². The highest BCUT2D eigenvalue weighted by atomic mass is 15.3. The SMILES string of the molecule is Nc1cccc(-n2ccc(-c3cnccn3)n2)n1. The van der Waals surface area contributed by atoms with Crippen LogP contribution in [0.3, 0.4) is 0 Å². The predicted molar refractivity (Wildman–Crippen MR) is 66.8 cm³/mol. The minimum absolute atomic E-state index is 0.462. The van der Waals surface area contributed by atoms with E-state index in [4.69, 9.17) is 5.73 Å². The lowest BCUT2D eigenvalue weighted by atomic mass is 10.3. The maximum Gasteiger partial charge on any atom is 0.155 e. The van der Waals surface area contributed by atoms with E-state index in [1.54, 1.807) is 29.3 Å². The highest BCUT2D eigenvalue weighted by Crippen LogP contribution is 2.14. The molecule has 3 rings (SSSR count). The van der Waals surface area contributed by atoms with Gasteiger partial charge in [0.2, 0.25) is 0 Å². The third-order valence-corrected chi connectivity index (χ3v) is 2.41. The fraction of sp³-hybridized carbons (Fsp3) is 0. The zero-order chi connectivity index (χ0) is 12.4. The van der Waals surface area contributed by atoms with E-state index in [0.29, 0.717) is 11.6 Å². The van der Waals surface area contributed by atoms with Gasteiger partial charge < -0.3 is 5.73 Å². The zero-order valence-corrected chi connectivity index (χ0v) is 9.43. The third kappa shape index (κ3) is 1.91. The minimum atomic E-state index is 0.462. The first-order chi connectivity index (χ1) is 8.83. The fourth-order valence-corrected chi connectivity index (χ4v) is 1.59. The number of anilines is 1. The number of rotatable bonds is 2. The molecule has 3 heterocycles. The first kappa shape index (κ1) is 10.4. The van der Waals surface area contributed by atoms with Crippen LogP contribution in [0.1, 0.15) is 0 Å². The van der Waals surface area contributed by atoms with Gasteiger partial charge >= 0.3 is 0 Å². The number of aromatic nitrogens is 5. The molecule has 0 unspecified atom stereocenters. The van der Waals surface area contributed by atoms with E-state index in [9.17, 15) is 0 Å². The Balaban J connectivity index is 2.00. The summed E-state index contributed by atoms with van der Waals surface area (Å²) in [6.45, 7) is 0. The molecule has 0 aromatic carbocycles. The van der Waals surface area contributed by atoms with Gasteiger partial charge in [-0.1, -0.05) is 6.07 Å². The molecular weight excluding hydrogens is 228 g/mol. The number of hydrogen-bond acceptors (Lipinski definition) is 5.